The quantitative estimate of drug-likeness (QED) is 0.537. The maximum atomic E-state index is 3.77. The second-order valence-electron chi connectivity index (χ2n) is 1.73. The van der Waals surface area contributed by atoms with Crippen molar-refractivity contribution < 1.29 is 32.7 Å². The fourth-order valence-corrected chi connectivity index (χ4v) is 0.562. The van der Waals surface area contributed by atoms with Gasteiger partial charge in [0.15, 0.2) is 0 Å². The van der Waals surface area contributed by atoms with E-state index >= 15 is 0 Å². The minimum Gasteiger partial charge on any atom is -0.339 e. The molecule has 0 amide bonds. The van der Waals surface area contributed by atoms with E-state index in [1.54, 1.807) is 0 Å². The van der Waals surface area contributed by atoms with Crippen molar-refractivity contribution >= 4 is 0 Å². The summed E-state index contributed by atoms with van der Waals surface area (Å²) in [5.74, 6) is 0. The van der Waals surface area contributed by atoms with E-state index in [9.17, 15) is 0 Å². The van der Waals surface area contributed by atoms with E-state index in [0.717, 1.165) is 13.0 Å². The summed E-state index contributed by atoms with van der Waals surface area (Å²) in [7, 11) is 1.94. The standard InChI is InChI=1S/C7H14N.Y/c1-4-7(5-2)6-8-3;/h5,8H,1,4,6H2,2-3H3;/q-1;. The molecule has 1 nitrogen and oxygen atoms in total. The predicted octanol–water partition coefficient (Wildman–Crippen LogP) is 1.37. The van der Waals surface area contributed by atoms with Crippen LogP contribution in [0.2, 0.25) is 0 Å². The van der Waals surface area contributed by atoms with Crippen LogP contribution in [-0.4, -0.2) is 13.6 Å². The van der Waals surface area contributed by atoms with Crippen molar-refractivity contribution in [3.8, 4) is 0 Å². The zero-order chi connectivity index (χ0) is 6.41. The molecule has 0 fully saturated rings. The normalized spacial score (nSPS) is 10.8. The molecule has 0 aromatic carbocycles. The monoisotopic (exact) mass is 201 g/mol. The Morgan fingerprint density at radius 3 is 2.33 bits per heavy atom. The summed E-state index contributed by atoms with van der Waals surface area (Å²) in [5, 5.41) is 3.06. The minimum absolute atomic E-state index is 0. The van der Waals surface area contributed by atoms with Crippen molar-refractivity contribution in [3.63, 3.8) is 0 Å². The first kappa shape index (κ1) is 12.5. The average Bonchev–Trinajstić information content (AvgIpc) is 1.83. The molecule has 2 heteroatoms. The third-order valence-corrected chi connectivity index (χ3v) is 1.13. The topological polar surface area (TPSA) is 12.0 Å². The Bertz CT molecular complexity index is 79.0. The molecule has 0 aliphatic heterocycles. The van der Waals surface area contributed by atoms with E-state index in [4.69, 9.17) is 0 Å². The number of hydrogen-bond acceptors (Lipinski definition) is 1. The van der Waals surface area contributed by atoms with E-state index in [0.29, 0.717) is 0 Å². The van der Waals surface area contributed by atoms with Crippen LogP contribution in [0.5, 0.6) is 0 Å². The Kier molecular flexibility index (Phi) is 12.2. The number of nitrogens with one attached hydrogen (secondary N) is 1. The number of hydrogen-bond donors (Lipinski definition) is 1. The van der Waals surface area contributed by atoms with Crippen molar-refractivity contribution in [3.05, 3.63) is 18.6 Å². The average molecular weight is 201 g/mol. The Morgan fingerprint density at radius 1 is 1.67 bits per heavy atom. The summed E-state index contributed by atoms with van der Waals surface area (Å²) in [6, 6.07) is 0. The zero-order valence-electron chi connectivity index (χ0n) is 6.28. The van der Waals surface area contributed by atoms with Crippen LogP contribution in [0.15, 0.2) is 11.6 Å². The van der Waals surface area contributed by atoms with Gasteiger partial charge in [0.25, 0.3) is 0 Å². The molecule has 0 unspecified atom stereocenters. The van der Waals surface area contributed by atoms with Gasteiger partial charge in [-0.3, -0.25) is 0 Å². The fourth-order valence-electron chi connectivity index (χ4n) is 0.562. The summed E-state index contributed by atoms with van der Waals surface area (Å²) in [6.07, 6.45) is 3.01. The van der Waals surface area contributed by atoms with Gasteiger partial charge in [-0.25, -0.2) is 0 Å². The van der Waals surface area contributed by atoms with Crippen molar-refractivity contribution in [1.82, 2.24) is 5.32 Å². The molecule has 0 aliphatic rings. The largest absolute Gasteiger partial charge is 0.339 e. The van der Waals surface area contributed by atoms with Crippen molar-refractivity contribution in [2.45, 2.75) is 13.3 Å². The van der Waals surface area contributed by atoms with Crippen LogP contribution < -0.4 is 5.32 Å². The Hall–Kier alpha value is 0.804. The second-order valence-corrected chi connectivity index (χ2v) is 1.73. The second kappa shape index (κ2) is 8.80. The maximum Gasteiger partial charge on any atom is 0.0136 e. The summed E-state index contributed by atoms with van der Waals surface area (Å²) < 4.78 is 0. The fraction of sp³-hybridized carbons (Fsp3) is 0.571. The number of allylic oxidation sites excluding steroid dienone is 1. The molecule has 1 N–H and O–H groups in total. The van der Waals surface area contributed by atoms with Gasteiger partial charge in [0, 0.05) is 39.3 Å². The molecule has 0 aromatic rings. The summed E-state index contributed by atoms with van der Waals surface area (Å²) in [6.45, 7) is 6.78. The molecule has 0 rings (SSSR count). The molecule has 0 spiro atoms. The van der Waals surface area contributed by atoms with E-state index in [-0.39, 0.29) is 32.7 Å². The van der Waals surface area contributed by atoms with Crippen molar-refractivity contribution in [2.24, 2.45) is 0 Å². The molecular formula is C7H14NY-. The predicted molar refractivity (Wildman–Crippen MR) is 37.7 cm³/mol. The van der Waals surface area contributed by atoms with Crippen LogP contribution in [0.1, 0.15) is 13.3 Å². The smallest absolute Gasteiger partial charge is 0.0136 e. The van der Waals surface area contributed by atoms with Crippen LogP contribution in [0.3, 0.4) is 0 Å². The van der Waals surface area contributed by atoms with Gasteiger partial charge in [-0.1, -0.05) is 11.6 Å². The summed E-state index contributed by atoms with van der Waals surface area (Å²) in [4.78, 5) is 0. The zero-order valence-corrected chi connectivity index (χ0v) is 9.11. The molecule has 0 atom stereocenters. The Labute approximate surface area is 83.2 Å². The first-order valence-electron chi connectivity index (χ1n) is 2.93. The van der Waals surface area contributed by atoms with Crippen LogP contribution in [0.25, 0.3) is 0 Å². The molecule has 1 radical (unpaired) electrons. The third-order valence-electron chi connectivity index (χ3n) is 1.13. The van der Waals surface area contributed by atoms with Gasteiger partial charge in [0.05, 0.1) is 0 Å². The maximum absolute atomic E-state index is 3.77. The molecule has 0 heterocycles. The Balaban J connectivity index is 0. The first-order valence-corrected chi connectivity index (χ1v) is 2.93. The van der Waals surface area contributed by atoms with Gasteiger partial charge in [-0.05, 0) is 14.0 Å². The third kappa shape index (κ3) is 6.69. The van der Waals surface area contributed by atoms with E-state index < -0.39 is 0 Å². The number of likely N-dealkylation sites (N-methyl/N-ethyl adjacent to an activating group) is 1. The Morgan fingerprint density at radius 2 is 2.22 bits per heavy atom. The summed E-state index contributed by atoms with van der Waals surface area (Å²) in [5.41, 5.74) is 1.37. The van der Waals surface area contributed by atoms with E-state index in [1.807, 2.05) is 14.0 Å². The van der Waals surface area contributed by atoms with Crippen LogP contribution in [0.4, 0.5) is 0 Å². The van der Waals surface area contributed by atoms with Crippen LogP contribution in [0, 0.1) is 6.92 Å². The summed E-state index contributed by atoms with van der Waals surface area (Å²) >= 11 is 0. The van der Waals surface area contributed by atoms with Crippen molar-refractivity contribution in [2.75, 3.05) is 13.6 Å². The molecular weight excluding hydrogens is 187 g/mol. The SMILES string of the molecule is [CH2-]CC(=CC)CNC.[Y]. The van der Waals surface area contributed by atoms with Gasteiger partial charge in [0.1, 0.15) is 0 Å². The van der Waals surface area contributed by atoms with Crippen molar-refractivity contribution in [1.29, 1.82) is 0 Å². The van der Waals surface area contributed by atoms with Crippen LogP contribution in [-0.2, 0) is 32.7 Å². The van der Waals surface area contributed by atoms with Gasteiger partial charge >= 0.3 is 0 Å². The molecule has 0 aromatic heterocycles. The molecule has 0 saturated heterocycles. The molecule has 9 heavy (non-hydrogen) atoms. The molecule has 0 aliphatic carbocycles. The number of rotatable bonds is 3. The van der Waals surface area contributed by atoms with E-state index in [1.165, 1.54) is 5.57 Å². The van der Waals surface area contributed by atoms with Gasteiger partial charge < -0.3 is 12.2 Å². The first-order chi connectivity index (χ1) is 3.85. The molecule has 0 saturated carbocycles. The van der Waals surface area contributed by atoms with Crippen LogP contribution >= 0.6 is 0 Å². The molecule has 0 bridgehead atoms. The molecule has 51 valence electrons. The van der Waals surface area contributed by atoms with Gasteiger partial charge in [-0.2, -0.15) is 6.42 Å². The minimum atomic E-state index is 0. The van der Waals surface area contributed by atoms with Gasteiger partial charge in [-0.15, -0.1) is 0 Å². The van der Waals surface area contributed by atoms with Gasteiger partial charge in [0.2, 0.25) is 0 Å². The van der Waals surface area contributed by atoms with E-state index in [2.05, 4.69) is 18.3 Å².